The molecule has 0 aromatic heterocycles. The van der Waals surface area contributed by atoms with Crippen LogP contribution in [-0.4, -0.2) is 5.91 Å². The maximum Gasteiger partial charge on any atom is 0.224 e. The van der Waals surface area contributed by atoms with Crippen molar-refractivity contribution in [3.63, 3.8) is 0 Å². The maximum atomic E-state index is 11.0. The first-order chi connectivity index (χ1) is 5.68. The molecule has 1 N–H and O–H groups in total. The molecule has 0 aromatic rings. The minimum Gasteiger partial charge on any atom is -0.329 e. The van der Waals surface area contributed by atoms with E-state index in [0.717, 1.165) is 10.7 Å². The van der Waals surface area contributed by atoms with Crippen molar-refractivity contribution >= 4 is 17.5 Å². The van der Waals surface area contributed by atoms with Crippen LogP contribution in [0.25, 0.3) is 0 Å². The smallest absolute Gasteiger partial charge is 0.224 e. The number of fused-ring (bicyclic) bond motifs is 1. The number of hydrogen-bond donors (Lipinski definition) is 1. The normalized spacial score (nSPS) is 33.7. The second kappa shape index (κ2) is 2.63. The van der Waals surface area contributed by atoms with E-state index in [1.54, 1.807) is 0 Å². The lowest BCUT2D eigenvalue weighted by molar-refractivity contribution is -0.119. The highest BCUT2D eigenvalue weighted by atomic mass is 35.5. The third kappa shape index (κ3) is 1.07. The Morgan fingerprint density at radius 3 is 3.08 bits per heavy atom. The van der Waals surface area contributed by atoms with E-state index in [9.17, 15) is 4.79 Å². The first-order valence-electron chi connectivity index (χ1n) is 4.05. The zero-order valence-corrected chi connectivity index (χ0v) is 7.56. The molecule has 1 heterocycles. The van der Waals surface area contributed by atoms with Gasteiger partial charge in [0.15, 0.2) is 0 Å². The highest BCUT2D eigenvalue weighted by molar-refractivity contribution is 6.30. The molecule has 2 aliphatic rings. The van der Waals surface area contributed by atoms with Gasteiger partial charge in [0.25, 0.3) is 0 Å². The highest BCUT2D eigenvalue weighted by Gasteiger charge is 2.34. The molecule has 0 aromatic carbocycles. The number of allylic oxidation sites excluding steroid dienone is 4. The molecule has 64 valence electrons. The van der Waals surface area contributed by atoms with Gasteiger partial charge in [-0.25, -0.2) is 0 Å². The average molecular weight is 184 g/mol. The largest absolute Gasteiger partial charge is 0.329 e. The first kappa shape index (κ1) is 7.87. The standard InChI is InChI=1S/C9H10ClNO/c1-5-6-4-9(12)11-8(6)3-2-7(5)10/h2-3,5-6H,4H2,1H3,(H,11,12). The van der Waals surface area contributed by atoms with Crippen molar-refractivity contribution in [3.05, 3.63) is 22.9 Å². The zero-order chi connectivity index (χ0) is 8.72. The van der Waals surface area contributed by atoms with Crippen LogP contribution < -0.4 is 5.32 Å². The van der Waals surface area contributed by atoms with E-state index in [1.165, 1.54) is 0 Å². The highest BCUT2D eigenvalue weighted by Crippen LogP contribution is 2.37. The van der Waals surface area contributed by atoms with Crippen LogP contribution in [0.15, 0.2) is 22.9 Å². The Hall–Kier alpha value is -0.760. The van der Waals surface area contributed by atoms with Crippen molar-refractivity contribution in [2.45, 2.75) is 13.3 Å². The van der Waals surface area contributed by atoms with E-state index in [-0.39, 0.29) is 17.7 Å². The van der Waals surface area contributed by atoms with Gasteiger partial charge in [0.2, 0.25) is 5.91 Å². The summed E-state index contributed by atoms with van der Waals surface area (Å²) < 4.78 is 0. The number of nitrogens with one attached hydrogen (secondary N) is 1. The fraction of sp³-hybridized carbons (Fsp3) is 0.444. The van der Waals surface area contributed by atoms with Crippen LogP contribution in [-0.2, 0) is 4.79 Å². The van der Waals surface area contributed by atoms with Gasteiger partial charge in [-0.15, -0.1) is 0 Å². The van der Waals surface area contributed by atoms with Gasteiger partial charge >= 0.3 is 0 Å². The molecular weight excluding hydrogens is 174 g/mol. The molecule has 2 atom stereocenters. The summed E-state index contributed by atoms with van der Waals surface area (Å²) in [6, 6.07) is 0. The Kier molecular flexibility index (Phi) is 1.72. The zero-order valence-electron chi connectivity index (χ0n) is 6.80. The Labute approximate surface area is 76.3 Å². The van der Waals surface area contributed by atoms with Gasteiger partial charge in [0.1, 0.15) is 0 Å². The van der Waals surface area contributed by atoms with Gasteiger partial charge in [-0.2, -0.15) is 0 Å². The molecule has 1 amide bonds. The third-order valence-corrected chi connectivity index (χ3v) is 3.02. The SMILES string of the molecule is CC1C(Cl)=CC=C2NC(=O)CC21. The van der Waals surface area contributed by atoms with Crippen LogP contribution >= 0.6 is 11.6 Å². The molecule has 3 heteroatoms. The van der Waals surface area contributed by atoms with Crippen LogP contribution in [0.5, 0.6) is 0 Å². The molecule has 1 fully saturated rings. The molecule has 0 bridgehead atoms. The molecule has 2 unspecified atom stereocenters. The van der Waals surface area contributed by atoms with Crippen LogP contribution in [0.3, 0.4) is 0 Å². The number of carbonyl (C=O) groups excluding carboxylic acids is 1. The van der Waals surface area contributed by atoms with Gasteiger partial charge in [0.05, 0.1) is 0 Å². The van der Waals surface area contributed by atoms with E-state index in [2.05, 4.69) is 12.2 Å². The topological polar surface area (TPSA) is 29.1 Å². The quantitative estimate of drug-likeness (QED) is 0.610. The van der Waals surface area contributed by atoms with Gasteiger partial charge in [-0.1, -0.05) is 18.5 Å². The van der Waals surface area contributed by atoms with Crippen LogP contribution in [0, 0.1) is 11.8 Å². The summed E-state index contributed by atoms with van der Waals surface area (Å²) in [7, 11) is 0. The van der Waals surface area contributed by atoms with Crippen LogP contribution in [0.4, 0.5) is 0 Å². The summed E-state index contributed by atoms with van der Waals surface area (Å²) in [6.45, 7) is 2.05. The Morgan fingerprint density at radius 2 is 2.33 bits per heavy atom. The first-order valence-corrected chi connectivity index (χ1v) is 4.43. The third-order valence-electron chi connectivity index (χ3n) is 2.55. The summed E-state index contributed by atoms with van der Waals surface area (Å²) in [5.41, 5.74) is 1.02. The lowest BCUT2D eigenvalue weighted by Gasteiger charge is -2.21. The predicted octanol–water partition coefficient (Wildman–Crippen LogP) is 1.78. The van der Waals surface area contributed by atoms with Crippen molar-refractivity contribution in [2.24, 2.45) is 11.8 Å². The fourth-order valence-corrected chi connectivity index (χ4v) is 1.95. The van der Waals surface area contributed by atoms with Crippen molar-refractivity contribution < 1.29 is 4.79 Å². The predicted molar refractivity (Wildman–Crippen MR) is 47.4 cm³/mol. The molecule has 1 saturated heterocycles. The van der Waals surface area contributed by atoms with Crippen molar-refractivity contribution in [2.75, 3.05) is 0 Å². The van der Waals surface area contributed by atoms with Crippen LogP contribution in [0.1, 0.15) is 13.3 Å². The number of hydrogen-bond acceptors (Lipinski definition) is 1. The lowest BCUT2D eigenvalue weighted by atomic mass is 9.87. The molecule has 1 aliphatic carbocycles. The monoisotopic (exact) mass is 183 g/mol. The Bertz CT molecular complexity index is 293. The molecular formula is C9H10ClNO. The number of carbonyl (C=O) groups is 1. The summed E-state index contributed by atoms with van der Waals surface area (Å²) in [6.07, 6.45) is 4.35. The fourth-order valence-electron chi connectivity index (χ4n) is 1.74. The second-order valence-corrected chi connectivity index (χ2v) is 3.76. The Balaban J connectivity index is 2.31. The Morgan fingerprint density at radius 1 is 1.58 bits per heavy atom. The number of rotatable bonds is 0. The van der Waals surface area contributed by atoms with E-state index in [4.69, 9.17) is 11.6 Å². The minimum absolute atomic E-state index is 0.109. The van der Waals surface area contributed by atoms with Crippen molar-refractivity contribution in [3.8, 4) is 0 Å². The summed E-state index contributed by atoms with van der Waals surface area (Å²) in [5.74, 6) is 0.679. The number of halogens is 1. The van der Waals surface area contributed by atoms with Gasteiger partial charge in [-0.3, -0.25) is 4.79 Å². The van der Waals surface area contributed by atoms with Crippen molar-refractivity contribution in [1.29, 1.82) is 0 Å². The second-order valence-electron chi connectivity index (χ2n) is 3.32. The molecule has 2 rings (SSSR count). The van der Waals surface area contributed by atoms with E-state index in [0.29, 0.717) is 6.42 Å². The van der Waals surface area contributed by atoms with E-state index >= 15 is 0 Å². The summed E-state index contributed by atoms with van der Waals surface area (Å²) >= 11 is 5.96. The molecule has 12 heavy (non-hydrogen) atoms. The molecule has 1 aliphatic heterocycles. The maximum absolute atomic E-state index is 11.0. The minimum atomic E-state index is 0.109. The number of amides is 1. The van der Waals surface area contributed by atoms with E-state index in [1.807, 2.05) is 12.2 Å². The lowest BCUT2D eigenvalue weighted by Crippen LogP contribution is -2.17. The molecule has 0 radical (unpaired) electrons. The van der Waals surface area contributed by atoms with E-state index < -0.39 is 0 Å². The average Bonchev–Trinajstić information content (AvgIpc) is 2.39. The summed E-state index contributed by atoms with van der Waals surface area (Å²) in [4.78, 5) is 11.0. The van der Waals surface area contributed by atoms with Crippen LogP contribution in [0.2, 0.25) is 0 Å². The van der Waals surface area contributed by atoms with Gasteiger partial charge in [0, 0.05) is 29.0 Å². The summed E-state index contributed by atoms with van der Waals surface area (Å²) in [5, 5.41) is 3.67. The van der Waals surface area contributed by atoms with Gasteiger partial charge < -0.3 is 5.32 Å². The molecule has 0 spiro atoms. The molecule has 0 saturated carbocycles. The molecule has 2 nitrogen and oxygen atoms in total. The van der Waals surface area contributed by atoms with Gasteiger partial charge in [-0.05, 0) is 12.2 Å². The van der Waals surface area contributed by atoms with Crippen molar-refractivity contribution in [1.82, 2.24) is 5.32 Å².